The lowest BCUT2D eigenvalue weighted by atomic mass is 10.4. The second-order valence-corrected chi connectivity index (χ2v) is 7.55. The van der Waals surface area contributed by atoms with Crippen LogP contribution in [0.15, 0.2) is 11.2 Å². The normalized spacial score (nSPS) is 15.3. The zero-order chi connectivity index (χ0) is 16.6. The van der Waals surface area contributed by atoms with Gasteiger partial charge in [0, 0.05) is 25.6 Å². The first-order valence-electron chi connectivity index (χ1n) is 7.86. The van der Waals surface area contributed by atoms with E-state index in [2.05, 4.69) is 20.0 Å². The maximum Gasteiger partial charge on any atom is 0.244 e. The molecule has 1 saturated carbocycles. The monoisotopic (exact) mass is 338 g/mol. The highest BCUT2D eigenvalue weighted by molar-refractivity contribution is 7.89. The summed E-state index contributed by atoms with van der Waals surface area (Å²) in [5.74, 6) is 0.827. The van der Waals surface area contributed by atoms with Crippen molar-refractivity contribution in [2.75, 3.05) is 6.54 Å². The van der Waals surface area contributed by atoms with E-state index in [1.165, 1.54) is 0 Å². The summed E-state index contributed by atoms with van der Waals surface area (Å²) in [5.41, 5.74) is 1.19. The molecule has 1 fully saturated rings. The Labute approximate surface area is 136 Å². The van der Waals surface area contributed by atoms with Crippen molar-refractivity contribution in [3.8, 4) is 0 Å². The predicted molar refractivity (Wildman–Crippen MR) is 84.6 cm³/mol. The molecule has 0 saturated heterocycles. The average Bonchev–Trinajstić information content (AvgIpc) is 3.15. The molecule has 2 aromatic heterocycles. The van der Waals surface area contributed by atoms with Gasteiger partial charge >= 0.3 is 0 Å². The zero-order valence-electron chi connectivity index (χ0n) is 13.7. The molecule has 0 aliphatic heterocycles. The highest BCUT2D eigenvalue weighted by Crippen LogP contribution is 2.35. The van der Waals surface area contributed by atoms with Gasteiger partial charge in [-0.15, -0.1) is 10.2 Å². The van der Waals surface area contributed by atoms with Crippen molar-refractivity contribution in [1.29, 1.82) is 0 Å². The first-order chi connectivity index (χ1) is 10.9. The number of nitrogens with zero attached hydrogens (tertiary/aromatic N) is 5. The highest BCUT2D eigenvalue weighted by atomic mass is 32.2. The molecule has 3 rings (SSSR count). The van der Waals surface area contributed by atoms with Crippen LogP contribution in [0.25, 0.3) is 0 Å². The standard InChI is InChI=1S/C14H22N6O2S/c1-4-20-11(3)14(10(2)18-20)23(21,22)16-8-7-13-17-15-9-19(13)12-5-6-12/h9,12,16H,4-8H2,1-3H3. The summed E-state index contributed by atoms with van der Waals surface area (Å²) in [5, 5.41) is 12.3. The molecule has 1 aliphatic rings. The SMILES string of the molecule is CCn1nc(C)c(S(=O)(=O)NCCc2nncn2C2CC2)c1C. The van der Waals surface area contributed by atoms with Gasteiger partial charge < -0.3 is 4.57 Å². The molecule has 0 radical (unpaired) electrons. The van der Waals surface area contributed by atoms with Crippen molar-refractivity contribution in [2.24, 2.45) is 0 Å². The summed E-state index contributed by atoms with van der Waals surface area (Å²) in [6, 6.07) is 0.490. The van der Waals surface area contributed by atoms with Crippen LogP contribution in [0.1, 0.15) is 43.0 Å². The Bertz CT molecular complexity index is 803. The zero-order valence-corrected chi connectivity index (χ0v) is 14.5. The molecular weight excluding hydrogens is 316 g/mol. The Kier molecular flexibility index (Phi) is 4.24. The predicted octanol–water partition coefficient (Wildman–Crippen LogP) is 0.967. The van der Waals surface area contributed by atoms with Crippen molar-refractivity contribution >= 4 is 10.0 Å². The Hall–Kier alpha value is -1.74. The van der Waals surface area contributed by atoms with Gasteiger partial charge in [0.2, 0.25) is 10.0 Å². The van der Waals surface area contributed by atoms with Gasteiger partial charge in [0.15, 0.2) is 0 Å². The number of aromatic nitrogens is 5. The van der Waals surface area contributed by atoms with E-state index in [1.54, 1.807) is 24.9 Å². The summed E-state index contributed by atoms with van der Waals surface area (Å²) >= 11 is 0. The van der Waals surface area contributed by atoms with Crippen molar-refractivity contribution in [1.82, 2.24) is 29.3 Å². The number of sulfonamides is 1. The molecule has 1 N–H and O–H groups in total. The molecule has 8 nitrogen and oxygen atoms in total. The van der Waals surface area contributed by atoms with Crippen LogP contribution in [0.2, 0.25) is 0 Å². The van der Waals surface area contributed by atoms with Crippen LogP contribution < -0.4 is 4.72 Å². The molecule has 1 aliphatic carbocycles. The number of aryl methyl sites for hydroxylation is 2. The lowest BCUT2D eigenvalue weighted by molar-refractivity contribution is 0.576. The smallest absolute Gasteiger partial charge is 0.244 e. The van der Waals surface area contributed by atoms with Crippen molar-refractivity contribution < 1.29 is 8.42 Å². The fourth-order valence-corrected chi connectivity index (χ4v) is 4.29. The van der Waals surface area contributed by atoms with E-state index in [-0.39, 0.29) is 4.90 Å². The van der Waals surface area contributed by atoms with Gasteiger partial charge in [-0.3, -0.25) is 4.68 Å². The minimum Gasteiger partial charge on any atom is -0.314 e. The van der Waals surface area contributed by atoms with Crippen molar-refractivity contribution in [3.05, 3.63) is 23.5 Å². The number of nitrogens with one attached hydrogen (secondary N) is 1. The quantitative estimate of drug-likeness (QED) is 0.811. The third-order valence-corrected chi connectivity index (χ3v) is 5.82. The fraction of sp³-hybridized carbons (Fsp3) is 0.643. The molecule has 0 spiro atoms. The summed E-state index contributed by atoms with van der Waals surface area (Å²) < 4.78 is 31.5. The molecule has 0 aromatic carbocycles. The van der Waals surface area contributed by atoms with Gasteiger partial charge in [0.25, 0.3) is 0 Å². The lowest BCUT2D eigenvalue weighted by Gasteiger charge is -2.08. The summed E-state index contributed by atoms with van der Waals surface area (Å²) in [6.07, 6.45) is 4.54. The Morgan fingerprint density at radius 3 is 2.70 bits per heavy atom. The molecular formula is C14H22N6O2S. The second kappa shape index (κ2) is 6.04. The molecule has 126 valence electrons. The maximum atomic E-state index is 12.6. The molecule has 23 heavy (non-hydrogen) atoms. The van der Waals surface area contributed by atoms with Crippen LogP contribution in [0.5, 0.6) is 0 Å². The first kappa shape index (κ1) is 16.1. The number of hydrogen-bond donors (Lipinski definition) is 1. The molecule has 0 bridgehead atoms. The van der Waals surface area contributed by atoms with E-state index in [0.29, 0.717) is 36.9 Å². The average molecular weight is 338 g/mol. The Morgan fingerprint density at radius 2 is 2.09 bits per heavy atom. The largest absolute Gasteiger partial charge is 0.314 e. The van der Waals surface area contributed by atoms with Crippen LogP contribution in [0, 0.1) is 13.8 Å². The Balaban J connectivity index is 1.69. The van der Waals surface area contributed by atoms with Gasteiger partial charge in [-0.05, 0) is 33.6 Å². The van der Waals surface area contributed by atoms with Crippen LogP contribution in [-0.2, 0) is 23.0 Å². The summed E-state index contributed by atoms with van der Waals surface area (Å²) in [6.45, 7) is 6.38. The third kappa shape index (κ3) is 3.16. The van der Waals surface area contributed by atoms with Crippen LogP contribution in [0.3, 0.4) is 0 Å². The maximum absolute atomic E-state index is 12.6. The van der Waals surface area contributed by atoms with Crippen LogP contribution in [-0.4, -0.2) is 39.5 Å². The first-order valence-corrected chi connectivity index (χ1v) is 9.34. The van der Waals surface area contributed by atoms with Crippen LogP contribution >= 0.6 is 0 Å². The highest BCUT2D eigenvalue weighted by Gasteiger charge is 2.27. The van der Waals surface area contributed by atoms with E-state index in [0.717, 1.165) is 18.7 Å². The molecule has 2 heterocycles. The molecule has 2 aromatic rings. The molecule has 0 unspecified atom stereocenters. The summed E-state index contributed by atoms with van der Waals surface area (Å²) in [4.78, 5) is 0.281. The third-order valence-electron chi connectivity index (χ3n) is 4.11. The number of rotatable bonds is 7. The minimum atomic E-state index is -3.57. The van der Waals surface area contributed by atoms with E-state index in [4.69, 9.17) is 0 Å². The number of hydrogen-bond acceptors (Lipinski definition) is 5. The topological polar surface area (TPSA) is 94.7 Å². The van der Waals surface area contributed by atoms with Crippen LogP contribution in [0.4, 0.5) is 0 Å². The van der Waals surface area contributed by atoms with Gasteiger partial charge in [-0.2, -0.15) is 5.10 Å². The van der Waals surface area contributed by atoms with Gasteiger partial charge in [0.1, 0.15) is 17.0 Å². The van der Waals surface area contributed by atoms with Gasteiger partial charge in [0.05, 0.1) is 11.4 Å². The van der Waals surface area contributed by atoms with E-state index in [1.807, 2.05) is 11.5 Å². The molecule has 0 atom stereocenters. The van der Waals surface area contributed by atoms with E-state index in [9.17, 15) is 8.42 Å². The van der Waals surface area contributed by atoms with E-state index < -0.39 is 10.0 Å². The Morgan fingerprint density at radius 1 is 1.35 bits per heavy atom. The van der Waals surface area contributed by atoms with E-state index >= 15 is 0 Å². The van der Waals surface area contributed by atoms with Crippen molar-refractivity contribution in [3.63, 3.8) is 0 Å². The summed E-state index contributed by atoms with van der Waals surface area (Å²) in [7, 11) is -3.57. The van der Waals surface area contributed by atoms with Crippen molar-refractivity contribution in [2.45, 2.75) is 57.5 Å². The van der Waals surface area contributed by atoms with Gasteiger partial charge in [-0.25, -0.2) is 13.1 Å². The lowest BCUT2D eigenvalue weighted by Crippen LogP contribution is -2.27. The fourth-order valence-electron chi connectivity index (χ4n) is 2.85. The van der Waals surface area contributed by atoms with Gasteiger partial charge in [-0.1, -0.05) is 0 Å². The molecule has 9 heteroatoms. The minimum absolute atomic E-state index is 0.281. The second-order valence-electron chi connectivity index (χ2n) is 5.85. The molecule has 0 amide bonds.